The third-order valence-corrected chi connectivity index (χ3v) is 2.69. The number of nitrogens with zero attached hydrogens (tertiary/aromatic N) is 3. The third kappa shape index (κ3) is 2.72. The summed E-state index contributed by atoms with van der Waals surface area (Å²) >= 11 is 0. The van der Waals surface area contributed by atoms with Crippen LogP contribution in [-0.2, 0) is 0 Å². The molecule has 2 rings (SSSR count). The third-order valence-electron chi connectivity index (χ3n) is 2.69. The fourth-order valence-corrected chi connectivity index (χ4v) is 1.67. The molecule has 1 saturated carbocycles. The lowest BCUT2D eigenvalue weighted by Gasteiger charge is -2.21. The molecule has 1 heterocycles. The largest absolute Gasteiger partial charge is 0.478 e. The number of aromatic nitrogens is 2. The molecule has 0 spiro atoms. The maximum atomic E-state index is 11.1. The molecular weight excluding hydrogens is 218 g/mol. The van der Waals surface area contributed by atoms with E-state index in [2.05, 4.69) is 16.1 Å². The molecule has 0 aromatic carbocycles. The first-order chi connectivity index (χ1) is 8.22. The van der Waals surface area contributed by atoms with Gasteiger partial charge in [0.05, 0.1) is 12.7 Å². The zero-order valence-electron chi connectivity index (χ0n) is 9.33. The Bertz CT molecular complexity index is 463. The summed E-state index contributed by atoms with van der Waals surface area (Å²) in [6.45, 7) is 1.11. The van der Waals surface area contributed by atoms with Crippen LogP contribution in [0.15, 0.2) is 12.3 Å². The Hall–Kier alpha value is -2.09. The lowest BCUT2D eigenvalue weighted by Crippen LogP contribution is -2.29. The van der Waals surface area contributed by atoms with Crippen LogP contribution in [0.3, 0.4) is 0 Å². The van der Waals surface area contributed by atoms with Crippen molar-refractivity contribution in [3.63, 3.8) is 0 Å². The first-order valence-electron chi connectivity index (χ1n) is 5.45. The number of carboxylic acid groups (broad SMARTS) is 1. The monoisotopic (exact) mass is 231 g/mol. The van der Waals surface area contributed by atoms with Crippen LogP contribution in [0.2, 0.25) is 0 Å². The number of hydrogen-bond donors (Lipinski definition) is 1. The Morgan fingerprint density at radius 1 is 1.65 bits per heavy atom. The Balaban J connectivity index is 2.27. The summed E-state index contributed by atoms with van der Waals surface area (Å²) in [5.74, 6) is 2.49. The van der Waals surface area contributed by atoms with Crippen LogP contribution >= 0.6 is 0 Å². The van der Waals surface area contributed by atoms with Crippen LogP contribution in [0.1, 0.15) is 23.2 Å². The number of rotatable bonds is 5. The first kappa shape index (κ1) is 11.4. The molecule has 0 unspecified atom stereocenters. The van der Waals surface area contributed by atoms with Gasteiger partial charge >= 0.3 is 5.97 Å². The minimum absolute atomic E-state index is 0.149. The molecule has 5 nitrogen and oxygen atoms in total. The molecular formula is C12H13N3O2. The van der Waals surface area contributed by atoms with Crippen molar-refractivity contribution in [2.45, 2.75) is 12.8 Å². The number of terminal acetylenes is 1. The van der Waals surface area contributed by atoms with Gasteiger partial charge in [0.25, 0.3) is 0 Å². The van der Waals surface area contributed by atoms with Gasteiger partial charge in [-0.25, -0.2) is 4.79 Å². The van der Waals surface area contributed by atoms with Gasteiger partial charge in [0, 0.05) is 6.54 Å². The maximum Gasteiger partial charge on any atom is 0.339 e. The minimum Gasteiger partial charge on any atom is -0.478 e. The second-order valence-corrected chi connectivity index (χ2v) is 4.10. The van der Waals surface area contributed by atoms with Gasteiger partial charge in [-0.05, 0) is 24.8 Å². The van der Waals surface area contributed by atoms with Gasteiger partial charge < -0.3 is 10.0 Å². The highest BCUT2D eigenvalue weighted by Gasteiger charge is 2.26. The second kappa shape index (κ2) is 4.83. The van der Waals surface area contributed by atoms with Gasteiger partial charge in [0.15, 0.2) is 5.82 Å². The van der Waals surface area contributed by atoms with E-state index in [0.29, 0.717) is 18.3 Å². The van der Waals surface area contributed by atoms with E-state index in [4.69, 9.17) is 11.5 Å². The van der Waals surface area contributed by atoms with Crippen LogP contribution in [-0.4, -0.2) is 34.4 Å². The van der Waals surface area contributed by atoms with Crippen LogP contribution in [0.4, 0.5) is 5.82 Å². The molecule has 0 aliphatic heterocycles. The molecule has 1 N–H and O–H groups in total. The Kier molecular flexibility index (Phi) is 3.24. The van der Waals surface area contributed by atoms with Crippen LogP contribution in [0, 0.1) is 18.3 Å². The van der Waals surface area contributed by atoms with E-state index in [1.807, 2.05) is 4.90 Å². The van der Waals surface area contributed by atoms with E-state index in [1.165, 1.54) is 25.1 Å². The zero-order chi connectivity index (χ0) is 12.3. The number of aromatic carboxylic acids is 1. The number of carboxylic acids is 1. The highest BCUT2D eigenvalue weighted by Crippen LogP contribution is 2.31. The number of carbonyl (C=O) groups is 1. The second-order valence-electron chi connectivity index (χ2n) is 4.10. The molecule has 0 bridgehead atoms. The van der Waals surface area contributed by atoms with Crippen molar-refractivity contribution in [1.82, 2.24) is 10.2 Å². The van der Waals surface area contributed by atoms with E-state index < -0.39 is 5.97 Å². The summed E-state index contributed by atoms with van der Waals surface area (Å²) in [5.41, 5.74) is 0.149. The topological polar surface area (TPSA) is 66.3 Å². The van der Waals surface area contributed by atoms with Gasteiger partial charge in [-0.15, -0.1) is 11.5 Å². The van der Waals surface area contributed by atoms with Crippen molar-refractivity contribution in [3.05, 3.63) is 17.8 Å². The van der Waals surface area contributed by atoms with Gasteiger partial charge in [-0.1, -0.05) is 5.92 Å². The Morgan fingerprint density at radius 3 is 3.00 bits per heavy atom. The van der Waals surface area contributed by atoms with Crippen molar-refractivity contribution in [2.75, 3.05) is 18.0 Å². The normalized spacial score (nSPS) is 14.1. The first-order valence-corrected chi connectivity index (χ1v) is 5.45. The predicted octanol–water partition coefficient (Wildman–Crippen LogP) is 1.02. The molecule has 0 atom stereocenters. The molecule has 1 aromatic rings. The van der Waals surface area contributed by atoms with Crippen LogP contribution in [0.5, 0.6) is 0 Å². The standard InChI is InChI=1S/C12H13N3O2/c1-2-7-15(8-9-3-4-9)11-10(12(16)17)5-6-13-14-11/h1,5-6,9H,3-4,7-8H2,(H,16,17). The fraction of sp³-hybridized carbons (Fsp3) is 0.417. The molecule has 1 aliphatic rings. The highest BCUT2D eigenvalue weighted by atomic mass is 16.4. The van der Waals surface area contributed by atoms with Crippen molar-refractivity contribution < 1.29 is 9.90 Å². The zero-order valence-corrected chi connectivity index (χ0v) is 9.33. The molecule has 1 aliphatic carbocycles. The van der Waals surface area contributed by atoms with Gasteiger partial charge in [-0.2, -0.15) is 5.10 Å². The van der Waals surface area contributed by atoms with Gasteiger partial charge in [0.2, 0.25) is 0 Å². The molecule has 88 valence electrons. The van der Waals surface area contributed by atoms with E-state index in [9.17, 15) is 4.79 Å². The van der Waals surface area contributed by atoms with Crippen molar-refractivity contribution in [1.29, 1.82) is 0 Å². The summed E-state index contributed by atoms with van der Waals surface area (Å²) in [6.07, 6.45) is 9.02. The van der Waals surface area contributed by atoms with E-state index >= 15 is 0 Å². The average molecular weight is 231 g/mol. The Morgan fingerprint density at radius 2 is 2.41 bits per heavy atom. The summed E-state index contributed by atoms with van der Waals surface area (Å²) in [7, 11) is 0. The smallest absolute Gasteiger partial charge is 0.339 e. The minimum atomic E-state index is -1.01. The summed E-state index contributed by atoms with van der Waals surface area (Å²) in [4.78, 5) is 12.9. The molecule has 1 fully saturated rings. The average Bonchev–Trinajstić information content (AvgIpc) is 3.12. The summed E-state index contributed by atoms with van der Waals surface area (Å²) < 4.78 is 0. The van der Waals surface area contributed by atoms with Crippen molar-refractivity contribution in [3.8, 4) is 12.3 Å². The number of anilines is 1. The van der Waals surface area contributed by atoms with Crippen molar-refractivity contribution in [2.24, 2.45) is 5.92 Å². The van der Waals surface area contributed by atoms with Gasteiger partial charge in [-0.3, -0.25) is 0 Å². The van der Waals surface area contributed by atoms with E-state index in [0.717, 1.165) is 6.54 Å². The molecule has 5 heteroatoms. The maximum absolute atomic E-state index is 11.1. The van der Waals surface area contributed by atoms with Crippen LogP contribution < -0.4 is 4.90 Å². The lowest BCUT2D eigenvalue weighted by atomic mass is 10.2. The van der Waals surface area contributed by atoms with Gasteiger partial charge in [0.1, 0.15) is 5.56 Å². The van der Waals surface area contributed by atoms with E-state index in [1.54, 1.807) is 0 Å². The van der Waals surface area contributed by atoms with Crippen molar-refractivity contribution >= 4 is 11.8 Å². The molecule has 1 aromatic heterocycles. The molecule has 0 radical (unpaired) electrons. The molecule has 0 saturated heterocycles. The Labute approximate surface area is 99.5 Å². The lowest BCUT2D eigenvalue weighted by molar-refractivity contribution is 0.0697. The summed E-state index contributed by atoms with van der Waals surface area (Å²) in [5, 5.41) is 16.7. The SMILES string of the molecule is C#CCN(CC1CC1)c1nnccc1C(=O)O. The highest BCUT2D eigenvalue weighted by molar-refractivity contribution is 5.93. The quantitative estimate of drug-likeness (QED) is 0.766. The number of hydrogen-bond acceptors (Lipinski definition) is 4. The van der Waals surface area contributed by atoms with Crippen LogP contribution in [0.25, 0.3) is 0 Å². The molecule has 17 heavy (non-hydrogen) atoms. The fourth-order valence-electron chi connectivity index (χ4n) is 1.67. The predicted molar refractivity (Wildman–Crippen MR) is 62.8 cm³/mol. The van der Waals surface area contributed by atoms with E-state index in [-0.39, 0.29) is 5.56 Å². The molecule has 0 amide bonds. The summed E-state index contributed by atoms with van der Waals surface area (Å²) in [6, 6.07) is 1.45.